The van der Waals surface area contributed by atoms with E-state index in [-0.39, 0.29) is 11.9 Å². The molecule has 3 nitrogen and oxygen atoms in total. The van der Waals surface area contributed by atoms with Crippen molar-refractivity contribution in [2.45, 2.75) is 13.0 Å². The van der Waals surface area contributed by atoms with Gasteiger partial charge in [0.2, 0.25) is 5.91 Å². The molecule has 1 atom stereocenters. The lowest BCUT2D eigenvalue weighted by Crippen LogP contribution is -2.23. The van der Waals surface area contributed by atoms with Crippen LogP contribution in [0, 0.1) is 0 Å². The first-order chi connectivity index (χ1) is 3.30. The van der Waals surface area contributed by atoms with Gasteiger partial charge in [0.05, 0.1) is 12.7 Å². The van der Waals surface area contributed by atoms with Crippen molar-refractivity contribution in [3.8, 4) is 0 Å². The van der Waals surface area contributed by atoms with Crippen LogP contribution < -0.4 is 10.6 Å². The van der Waals surface area contributed by atoms with Gasteiger partial charge in [-0.3, -0.25) is 10.1 Å². The molecule has 0 aromatic carbocycles. The third kappa shape index (κ3) is 0.718. The Morgan fingerprint density at radius 2 is 2.57 bits per heavy atom. The second-order valence-corrected chi connectivity index (χ2v) is 1.64. The predicted molar refractivity (Wildman–Crippen MR) is 25.6 cm³/mol. The molecular weight excluding hydrogens is 92.1 g/mol. The van der Waals surface area contributed by atoms with E-state index in [1.54, 1.807) is 0 Å². The maximum atomic E-state index is 10.4. The van der Waals surface area contributed by atoms with Crippen molar-refractivity contribution in [1.29, 1.82) is 0 Å². The Bertz CT molecular complexity index is 91.7. The average Bonchev–Trinajstić information content (AvgIpc) is 1.91. The van der Waals surface area contributed by atoms with Crippen LogP contribution in [0.3, 0.4) is 0 Å². The minimum absolute atomic E-state index is 0.0139. The number of rotatable bonds is 0. The van der Waals surface area contributed by atoms with Crippen LogP contribution in [0.25, 0.3) is 0 Å². The lowest BCUT2D eigenvalue weighted by Gasteiger charge is -1.91. The van der Waals surface area contributed by atoms with Gasteiger partial charge in [0.15, 0.2) is 0 Å². The summed E-state index contributed by atoms with van der Waals surface area (Å²) in [4.78, 5) is 10.4. The second-order valence-electron chi connectivity index (χ2n) is 1.64. The molecule has 0 radical (unpaired) electrons. The van der Waals surface area contributed by atoms with Gasteiger partial charge in [-0.05, 0) is 6.92 Å². The van der Waals surface area contributed by atoms with Crippen LogP contribution >= 0.6 is 0 Å². The fourth-order valence-electron chi connectivity index (χ4n) is 0.537. The third-order valence-electron chi connectivity index (χ3n) is 1.06. The summed E-state index contributed by atoms with van der Waals surface area (Å²) in [6.45, 7) is 2.46. The summed E-state index contributed by atoms with van der Waals surface area (Å²) in [7, 11) is 0. The minimum atomic E-state index is 0.0139. The Hall–Kier alpha value is -0.570. The van der Waals surface area contributed by atoms with Crippen LogP contribution in [0.5, 0.6) is 0 Å². The molecule has 0 unspecified atom stereocenters. The standard InChI is InChI=1S/C4H8N2O/c1-3-4(7)6-2-5-3/h3,5H,2H2,1H3,(H,6,7)/t3-/m1/s1. The molecule has 1 aliphatic heterocycles. The molecule has 0 bridgehead atoms. The summed E-state index contributed by atoms with van der Waals surface area (Å²) in [5, 5.41) is 5.53. The maximum Gasteiger partial charge on any atom is 0.237 e. The van der Waals surface area contributed by atoms with Gasteiger partial charge in [0, 0.05) is 0 Å². The Labute approximate surface area is 42.1 Å². The maximum absolute atomic E-state index is 10.4. The molecule has 1 saturated heterocycles. The van der Waals surface area contributed by atoms with E-state index in [2.05, 4.69) is 10.6 Å². The van der Waals surface area contributed by atoms with Crippen LogP contribution in [0.4, 0.5) is 0 Å². The van der Waals surface area contributed by atoms with Gasteiger partial charge in [0.1, 0.15) is 0 Å². The molecule has 0 spiro atoms. The summed E-state index contributed by atoms with van der Waals surface area (Å²) in [5.74, 6) is 0.0972. The van der Waals surface area contributed by atoms with Crippen LogP contribution in [-0.4, -0.2) is 18.6 Å². The first-order valence-corrected chi connectivity index (χ1v) is 2.32. The van der Waals surface area contributed by atoms with Crippen LogP contribution in [-0.2, 0) is 4.79 Å². The summed E-state index contributed by atoms with van der Waals surface area (Å²) in [6.07, 6.45) is 0. The van der Waals surface area contributed by atoms with Crippen LogP contribution in [0.1, 0.15) is 6.92 Å². The Kier molecular flexibility index (Phi) is 0.982. The van der Waals surface area contributed by atoms with E-state index in [4.69, 9.17) is 0 Å². The molecular formula is C4H8N2O. The van der Waals surface area contributed by atoms with Gasteiger partial charge in [-0.25, -0.2) is 0 Å². The van der Waals surface area contributed by atoms with Gasteiger partial charge in [-0.2, -0.15) is 0 Å². The molecule has 0 aromatic heterocycles. The van der Waals surface area contributed by atoms with Crippen LogP contribution in [0.15, 0.2) is 0 Å². The molecule has 0 aliphatic carbocycles. The molecule has 1 fully saturated rings. The molecule has 40 valence electrons. The van der Waals surface area contributed by atoms with Crippen molar-refractivity contribution >= 4 is 5.91 Å². The van der Waals surface area contributed by atoms with Crippen LogP contribution in [0.2, 0.25) is 0 Å². The van der Waals surface area contributed by atoms with Gasteiger partial charge < -0.3 is 5.32 Å². The molecule has 0 saturated carbocycles. The highest BCUT2D eigenvalue weighted by molar-refractivity contribution is 5.82. The first-order valence-electron chi connectivity index (χ1n) is 2.32. The Balaban J connectivity index is 2.48. The zero-order valence-electron chi connectivity index (χ0n) is 4.19. The lowest BCUT2D eigenvalue weighted by molar-refractivity contribution is -0.120. The fraction of sp³-hybridized carbons (Fsp3) is 0.750. The first kappa shape index (κ1) is 4.59. The number of carbonyl (C=O) groups excluding carboxylic acids is 1. The molecule has 2 N–H and O–H groups in total. The summed E-state index contributed by atoms with van der Waals surface area (Å²) >= 11 is 0. The predicted octanol–water partition coefficient (Wildman–Crippen LogP) is -0.948. The Morgan fingerprint density at radius 1 is 1.86 bits per heavy atom. The lowest BCUT2D eigenvalue weighted by atomic mass is 10.4. The minimum Gasteiger partial charge on any atom is -0.342 e. The number of carbonyl (C=O) groups is 1. The molecule has 1 rings (SSSR count). The summed E-state index contributed by atoms with van der Waals surface area (Å²) in [5.41, 5.74) is 0. The van der Waals surface area contributed by atoms with E-state index in [0.717, 1.165) is 0 Å². The van der Waals surface area contributed by atoms with Crippen molar-refractivity contribution in [3.63, 3.8) is 0 Å². The summed E-state index contributed by atoms with van der Waals surface area (Å²) in [6, 6.07) is 0.0139. The Morgan fingerprint density at radius 3 is 2.71 bits per heavy atom. The molecule has 0 aromatic rings. The normalized spacial score (nSPS) is 30.4. The molecule has 7 heavy (non-hydrogen) atoms. The highest BCUT2D eigenvalue weighted by Crippen LogP contribution is 1.84. The van der Waals surface area contributed by atoms with Crippen molar-refractivity contribution in [1.82, 2.24) is 10.6 Å². The fourth-order valence-corrected chi connectivity index (χ4v) is 0.537. The van der Waals surface area contributed by atoms with Crippen molar-refractivity contribution < 1.29 is 4.79 Å². The smallest absolute Gasteiger partial charge is 0.237 e. The van der Waals surface area contributed by atoms with Gasteiger partial charge in [0.25, 0.3) is 0 Å². The van der Waals surface area contributed by atoms with Gasteiger partial charge >= 0.3 is 0 Å². The van der Waals surface area contributed by atoms with E-state index in [0.29, 0.717) is 6.67 Å². The summed E-state index contributed by atoms with van der Waals surface area (Å²) < 4.78 is 0. The third-order valence-corrected chi connectivity index (χ3v) is 1.06. The quantitative estimate of drug-likeness (QED) is 0.412. The van der Waals surface area contributed by atoms with Gasteiger partial charge in [-0.1, -0.05) is 0 Å². The van der Waals surface area contributed by atoms with Gasteiger partial charge in [-0.15, -0.1) is 0 Å². The molecule has 3 heteroatoms. The van der Waals surface area contributed by atoms with Crippen molar-refractivity contribution in [2.24, 2.45) is 0 Å². The van der Waals surface area contributed by atoms with E-state index in [1.165, 1.54) is 0 Å². The molecule has 1 aliphatic rings. The zero-order chi connectivity index (χ0) is 5.28. The van der Waals surface area contributed by atoms with Crippen molar-refractivity contribution in [2.75, 3.05) is 6.67 Å². The van der Waals surface area contributed by atoms with E-state index < -0.39 is 0 Å². The second kappa shape index (κ2) is 1.50. The van der Waals surface area contributed by atoms with Crippen molar-refractivity contribution in [3.05, 3.63) is 0 Å². The highest BCUT2D eigenvalue weighted by atomic mass is 16.2. The zero-order valence-corrected chi connectivity index (χ0v) is 4.19. The molecule has 1 amide bonds. The number of hydrogen-bond donors (Lipinski definition) is 2. The average molecular weight is 100 g/mol. The number of amides is 1. The molecule has 1 heterocycles. The number of hydrogen-bond acceptors (Lipinski definition) is 2. The highest BCUT2D eigenvalue weighted by Gasteiger charge is 2.16. The SMILES string of the molecule is C[C@H]1NCNC1=O. The largest absolute Gasteiger partial charge is 0.342 e. The van der Waals surface area contributed by atoms with E-state index >= 15 is 0 Å². The van der Waals surface area contributed by atoms with E-state index in [1.807, 2.05) is 6.92 Å². The monoisotopic (exact) mass is 100 g/mol. The number of nitrogens with one attached hydrogen (secondary N) is 2. The van der Waals surface area contributed by atoms with E-state index in [9.17, 15) is 4.79 Å². The topological polar surface area (TPSA) is 41.1 Å².